The Morgan fingerprint density at radius 2 is 1.76 bits per heavy atom. The predicted octanol–water partition coefficient (Wildman–Crippen LogP) is 7.25. The van der Waals surface area contributed by atoms with Gasteiger partial charge in [0.1, 0.15) is 5.75 Å². The summed E-state index contributed by atoms with van der Waals surface area (Å²) in [7, 11) is 0. The number of nitro groups is 2. The number of ether oxygens (including phenoxy) is 1. The lowest BCUT2D eigenvalue weighted by molar-refractivity contribution is -0.394. The topological polar surface area (TPSA) is 142 Å². The largest absolute Gasteiger partial charge is 0.450 e. The number of nitro benzene ring substituents is 2. The van der Waals surface area contributed by atoms with Crippen molar-refractivity contribution in [1.82, 2.24) is 9.88 Å². The lowest BCUT2D eigenvalue weighted by Crippen LogP contribution is -2.19. The first-order valence-electron chi connectivity index (χ1n) is 12.0. The molecular weight excluding hydrogens is 570 g/mol. The van der Waals surface area contributed by atoms with Crippen molar-refractivity contribution in [1.29, 1.82) is 0 Å². The smallest absolute Gasteiger partial charge is 0.318 e. The fourth-order valence-corrected chi connectivity index (χ4v) is 5.27. The fraction of sp³-hybridized carbons (Fsp3) is 0.0714. The second kappa shape index (κ2) is 11.3. The molecule has 1 aromatic heterocycles. The van der Waals surface area contributed by atoms with Gasteiger partial charge >= 0.3 is 5.69 Å². The summed E-state index contributed by atoms with van der Waals surface area (Å²) in [6.07, 6.45) is 1.81. The number of nitrogens with one attached hydrogen (secondary N) is 1. The zero-order chi connectivity index (χ0) is 29.3. The minimum Gasteiger partial charge on any atom is -0.450 e. The van der Waals surface area contributed by atoms with Gasteiger partial charge in [-0.3, -0.25) is 25.0 Å². The first-order valence-corrected chi connectivity index (χ1v) is 13.2. The van der Waals surface area contributed by atoms with Crippen molar-refractivity contribution < 1.29 is 19.4 Å². The van der Waals surface area contributed by atoms with Crippen LogP contribution < -0.4 is 10.1 Å². The van der Waals surface area contributed by atoms with E-state index in [9.17, 15) is 25.0 Å². The Morgan fingerprint density at radius 3 is 2.44 bits per heavy atom. The number of benzene rings is 3. The van der Waals surface area contributed by atoms with Crippen molar-refractivity contribution in [3.8, 4) is 17.2 Å². The van der Waals surface area contributed by atoms with Crippen LogP contribution in [0.15, 0.2) is 82.7 Å². The fourth-order valence-electron chi connectivity index (χ4n) is 4.25. The molecule has 0 unspecified atom stereocenters. The maximum atomic E-state index is 12.6. The van der Waals surface area contributed by atoms with E-state index in [1.54, 1.807) is 48.5 Å². The van der Waals surface area contributed by atoms with Gasteiger partial charge in [-0.25, -0.2) is 4.99 Å². The van der Waals surface area contributed by atoms with E-state index in [1.165, 1.54) is 17.8 Å². The number of nitrogens with zero attached hydrogens (tertiary/aromatic N) is 4. The number of aliphatic imine (C=N–C) groups is 1. The van der Waals surface area contributed by atoms with Crippen LogP contribution in [0.1, 0.15) is 17.0 Å². The Morgan fingerprint density at radius 1 is 1.00 bits per heavy atom. The summed E-state index contributed by atoms with van der Waals surface area (Å²) in [5, 5.41) is 26.2. The molecule has 0 bridgehead atoms. The van der Waals surface area contributed by atoms with E-state index in [0.29, 0.717) is 26.5 Å². The van der Waals surface area contributed by atoms with Gasteiger partial charge in [-0.15, -0.1) is 0 Å². The summed E-state index contributed by atoms with van der Waals surface area (Å²) < 4.78 is 7.68. The van der Waals surface area contributed by atoms with E-state index in [4.69, 9.17) is 16.3 Å². The first kappa shape index (κ1) is 27.6. The SMILES string of the molecule is Cc1cc(/C=C2\SC(=Nc3cccc(Cl)c3)NC2=O)c(C)n1-c1ccc(Oc2ccc([N+](=O)[O-])cc2[N+](=O)[O-])cc1. The summed E-state index contributed by atoms with van der Waals surface area (Å²) in [4.78, 5) is 38.5. The van der Waals surface area contributed by atoms with Crippen LogP contribution in [0, 0.1) is 34.1 Å². The number of aromatic nitrogens is 1. The predicted molar refractivity (Wildman–Crippen MR) is 157 cm³/mol. The third kappa shape index (κ3) is 5.98. The molecule has 1 amide bonds. The van der Waals surface area contributed by atoms with Crippen LogP contribution in [-0.4, -0.2) is 25.5 Å². The van der Waals surface area contributed by atoms with E-state index in [2.05, 4.69) is 10.3 Å². The Bertz CT molecular complexity index is 1780. The van der Waals surface area contributed by atoms with Gasteiger partial charge in [0.05, 0.1) is 26.5 Å². The monoisotopic (exact) mass is 589 g/mol. The lowest BCUT2D eigenvalue weighted by Gasteiger charge is -2.11. The summed E-state index contributed by atoms with van der Waals surface area (Å²) in [5.74, 6) is -0.0373. The quantitative estimate of drug-likeness (QED) is 0.136. The van der Waals surface area contributed by atoms with E-state index in [0.717, 1.165) is 34.8 Å². The highest BCUT2D eigenvalue weighted by molar-refractivity contribution is 8.18. The van der Waals surface area contributed by atoms with Crippen molar-refractivity contribution in [2.45, 2.75) is 13.8 Å². The number of halogens is 1. The van der Waals surface area contributed by atoms with Crippen molar-refractivity contribution in [3.63, 3.8) is 0 Å². The normalized spacial score (nSPS) is 14.9. The lowest BCUT2D eigenvalue weighted by atomic mass is 10.2. The summed E-state index contributed by atoms with van der Waals surface area (Å²) >= 11 is 7.27. The second-order valence-corrected chi connectivity index (χ2v) is 10.4. The van der Waals surface area contributed by atoms with Crippen LogP contribution in [0.2, 0.25) is 5.02 Å². The molecule has 206 valence electrons. The van der Waals surface area contributed by atoms with Crippen LogP contribution in [0.5, 0.6) is 11.5 Å². The zero-order valence-corrected chi connectivity index (χ0v) is 23.1. The number of rotatable bonds is 7. The molecular formula is C28H20ClN5O6S. The summed E-state index contributed by atoms with van der Waals surface area (Å²) in [5.41, 5.74) is 3.20. The van der Waals surface area contributed by atoms with Crippen molar-refractivity contribution in [3.05, 3.63) is 120 Å². The van der Waals surface area contributed by atoms with Crippen LogP contribution in [0.25, 0.3) is 11.8 Å². The molecule has 41 heavy (non-hydrogen) atoms. The van der Waals surface area contributed by atoms with Crippen LogP contribution in [0.3, 0.4) is 0 Å². The van der Waals surface area contributed by atoms with Gasteiger partial charge in [-0.1, -0.05) is 17.7 Å². The summed E-state index contributed by atoms with van der Waals surface area (Å²) in [6, 6.07) is 19.1. The highest BCUT2D eigenvalue weighted by atomic mass is 35.5. The average molecular weight is 590 g/mol. The third-order valence-corrected chi connectivity index (χ3v) is 7.26. The molecule has 4 aromatic rings. The molecule has 3 aromatic carbocycles. The Balaban J connectivity index is 1.37. The minimum absolute atomic E-state index is 0.110. The Hall–Kier alpha value is -4.94. The van der Waals surface area contributed by atoms with E-state index < -0.39 is 21.2 Å². The number of non-ortho nitro benzene ring substituents is 1. The molecule has 0 radical (unpaired) electrons. The number of aryl methyl sites for hydroxylation is 1. The van der Waals surface area contributed by atoms with E-state index in [-0.39, 0.29) is 11.7 Å². The van der Waals surface area contributed by atoms with Crippen molar-refractivity contribution in [2.24, 2.45) is 4.99 Å². The number of amides is 1. The van der Waals surface area contributed by atoms with Gasteiger partial charge in [0.25, 0.3) is 11.6 Å². The van der Waals surface area contributed by atoms with E-state index >= 15 is 0 Å². The molecule has 1 N–H and O–H groups in total. The van der Waals surface area contributed by atoms with Gasteiger partial charge in [0, 0.05) is 28.2 Å². The standard InChI is InChI=1S/C28H20ClN5O6S/c1-16-12-18(13-26-27(35)31-28(41-26)30-20-5-3-4-19(29)14-20)17(2)32(16)21-6-9-23(10-7-21)40-25-11-8-22(33(36)37)15-24(25)34(38)39/h3-15H,1-2H3,(H,30,31,35)/b26-13-. The van der Waals surface area contributed by atoms with Gasteiger partial charge < -0.3 is 14.6 Å². The van der Waals surface area contributed by atoms with Gasteiger partial charge in [-0.2, -0.15) is 0 Å². The third-order valence-electron chi connectivity index (χ3n) is 6.12. The number of hydrogen-bond donors (Lipinski definition) is 1. The number of amidine groups is 1. The first-order chi connectivity index (χ1) is 19.6. The van der Waals surface area contributed by atoms with Crippen LogP contribution in [0.4, 0.5) is 17.1 Å². The molecule has 13 heteroatoms. The Kier molecular flexibility index (Phi) is 7.60. The van der Waals surface area contributed by atoms with Gasteiger partial charge in [0.15, 0.2) is 5.17 Å². The van der Waals surface area contributed by atoms with Crippen LogP contribution >= 0.6 is 23.4 Å². The Labute approximate surface area is 242 Å². The maximum absolute atomic E-state index is 12.6. The number of hydrogen-bond acceptors (Lipinski definition) is 8. The molecule has 0 saturated carbocycles. The molecule has 0 spiro atoms. The number of thioether (sulfide) groups is 1. The highest BCUT2D eigenvalue weighted by Gasteiger charge is 2.25. The van der Waals surface area contributed by atoms with Gasteiger partial charge in [0.2, 0.25) is 5.75 Å². The molecule has 1 saturated heterocycles. The summed E-state index contributed by atoms with van der Waals surface area (Å²) in [6.45, 7) is 3.87. The molecule has 2 heterocycles. The minimum atomic E-state index is -0.728. The number of carbonyl (C=O) groups is 1. The molecule has 0 atom stereocenters. The molecule has 1 aliphatic rings. The maximum Gasteiger partial charge on any atom is 0.318 e. The van der Waals surface area contributed by atoms with E-state index in [1.807, 2.05) is 30.6 Å². The average Bonchev–Trinajstić information content (AvgIpc) is 3.41. The number of carbonyl (C=O) groups excluding carboxylic acids is 1. The van der Waals surface area contributed by atoms with Crippen LogP contribution in [-0.2, 0) is 4.79 Å². The molecule has 1 aliphatic heterocycles. The van der Waals surface area contributed by atoms with Gasteiger partial charge in [-0.05, 0) is 91.8 Å². The van der Waals surface area contributed by atoms with Crippen molar-refractivity contribution >= 4 is 57.6 Å². The molecule has 1 fully saturated rings. The molecule has 0 aliphatic carbocycles. The second-order valence-electron chi connectivity index (χ2n) is 8.89. The molecule has 11 nitrogen and oxygen atoms in total. The zero-order valence-electron chi connectivity index (χ0n) is 21.5. The van der Waals surface area contributed by atoms with Crippen molar-refractivity contribution in [2.75, 3.05) is 0 Å². The highest BCUT2D eigenvalue weighted by Crippen LogP contribution is 2.35. The molecule has 5 rings (SSSR count).